The number of rotatable bonds is 21. The van der Waals surface area contributed by atoms with Gasteiger partial charge in [0.25, 0.3) is 23.6 Å². The number of hydrogen-bond donors (Lipinski definition) is 8. The summed E-state index contributed by atoms with van der Waals surface area (Å²) in [6, 6.07) is 22.7. The maximum atomic E-state index is 13.3. The molecule has 5 aliphatic carbocycles. The number of nitrogens with zero attached hydrogens (tertiary/aromatic N) is 17. The highest BCUT2D eigenvalue weighted by Crippen LogP contribution is 2.48. The van der Waals surface area contributed by atoms with Gasteiger partial charge in [-0.3, -0.25) is 38.4 Å². The molecule has 8 amide bonds. The van der Waals surface area contributed by atoms with Crippen LogP contribution < -0.4 is 101 Å². The topological polar surface area (TPSA) is 402 Å². The molecule has 3 atom stereocenters. The minimum absolute atomic E-state index is 0.00793. The summed E-state index contributed by atoms with van der Waals surface area (Å²) in [5, 5.41) is 24.0. The molecule has 10 aliphatic rings. The number of anilines is 16. The van der Waals surface area contributed by atoms with Crippen molar-refractivity contribution >= 4 is 140 Å². The number of piperidine rings is 1. The fourth-order valence-corrected chi connectivity index (χ4v) is 20.6. The Bertz CT molecular complexity index is 5700. The number of hydrogen-bond acceptors (Lipinski definition) is 29. The molecule has 0 radical (unpaired) electrons. The highest BCUT2D eigenvalue weighted by Gasteiger charge is 2.48. The SMILES string of the molecule is CNC(=O)c1ccc(Nc2ncc3c(n2)N(C2CCCC2)CC(C)(C)C(=O)N3C)c(OC)c1.CNC(=O)c1ccc(Nc2ncc3c(n2)N(C2CCCC2)C[C@H](C)C(=O)N3C)c(OC)c1.CNC(=O)c1ccc(Nc2ncc3c(n2)N(C2CCCC2)[C@@H]2CCC[C@@H]2C(=O)N3C)c(OC)c1.COc1cc(C(=O)NC2CCN(C)CC2)ccc1Nc1ncc2c(n1)N(C1CCCC1)CCC(=O)N2C. The summed E-state index contributed by atoms with van der Waals surface area (Å²) >= 11 is 0. The zero-order chi connectivity index (χ0) is 96.3. The van der Waals surface area contributed by atoms with Crippen molar-refractivity contribution in [3.8, 4) is 23.0 Å². The molecule has 8 N–H and O–H groups in total. The molecule has 1 saturated heterocycles. The monoisotopic (exact) mass is 1860 g/mol. The number of nitrogens with one attached hydrogen (secondary N) is 8. The molecule has 136 heavy (non-hydrogen) atoms. The van der Waals surface area contributed by atoms with Gasteiger partial charge in [0.05, 0.1) is 93.2 Å². The molecule has 37 heteroatoms. The maximum Gasteiger partial charge on any atom is 0.251 e. The van der Waals surface area contributed by atoms with Gasteiger partial charge in [-0.1, -0.05) is 64.7 Å². The average Bonchev–Trinajstić information content (AvgIpc) is 1.55. The molecule has 5 saturated carbocycles. The van der Waals surface area contributed by atoms with E-state index in [9.17, 15) is 38.4 Å². The van der Waals surface area contributed by atoms with Gasteiger partial charge in [0, 0.05) is 134 Å². The van der Waals surface area contributed by atoms with E-state index in [2.05, 4.69) is 94.0 Å². The Labute approximate surface area is 795 Å². The number of ether oxygens (including phenoxy) is 4. The largest absolute Gasteiger partial charge is 0.495 e. The van der Waals surface area contributed by atoms with Crippen molar-refractivity contribution in [3.63, 3.8) is 0 Å². The lowest BCUT2D eigenvalue weighted by Gasteiger charge is -2.36. The Morgan fingerprint density at radius 2 is 0.757 bits per heavy atom. The molecular formula is C99H131N25O12. The van der Waals surface area contributed by atoms with Crippen LogP contribution in [0.3, 0.4) is 0 Å². The summed E-state index contributed by atoms with van der Waals surface area (Å²) in [5.74, 6) is 6.50. The summed E-state index contributed by atoms with van der Waals surface area (Å²) in [6.45, 7) is 9.83. The molecule has 9 heterocycles. The van der Waals surface area contributed by atoms with Crippen LogP contribution in [0.2, 0.25) is 0 Å². The van der Waals surface area contributed by atoms with Gasteiger partial charge < -0.3 is 106 Å². The predicted molar refractivity (Wildman–Crippen MR) is 527 cm³/mol. The molecule has 4 aromatic carbocycles. The molecule has 0 unspecified atom stereocenters. The Morgan fingerprint density at radius 3 is 1.18 bits per heavy atom. The van der Waals surface area contributed by atoms with Crippen molar-refractivity contribution in [2.45, 2.75) is 198 Å². The van der Waals surface area contributed by atoms with Crippen LogP contribution in [0, 0.1) is 17.3 Å². The highest BCUT2D eigenvalue weighted by molar-refractivity contribution is 6.04. The van der Waals surface area contributed by atoms with Gasteiger partial charge in [0.1, 0.15) is 45.7 Å². The second-order valence-corrected chi connectivity index (χ2v) is 37.4. The fraction of sp³-hybridized carbons (Fsp3) is 0.515. The minimum Gasteiger partial charge on any atom is -0.495 e. The van der Waals surface area contributed by atoms with Crippen LogP contribution in [-0.2, 0) is 19.2 Å². The van der Waals surface area contributed by atoms with Gasteiger partial charge >= 0.3 is 0 Å². The number of benzene rings is 4. The van der Waals surface area contributed by atoms with Gasteiger partial charge in [0.15, 0.2) is 23.3 Å². The summed E-state index contributed by atoms with van der Waals surface area (Å²) in [6.07, 6.45) is 30.7. The first kappa shape index (κ1) is 97.1. The van der Waals surface area contributed by atoms with Crippen LogP contribution in [0.15, 0.2) is 97.6 Å². The second-order valence-electron chi connectivity index (χ2n) is 37.4. The summed E-state index contributed by atoms with van der Waals surface area (Å²) in [5.41, 5.74) is 7.08. The van der Waals surface area contributed by atoms with Crippen LogP contribution in [0.1, 0.15) is 203 Å². The van der Waals surface area contributed by atoms with Crippen molar-refractivity contribution in [2.24, 2.45) is 17.3 Å². The van der Waals surface area contributed by atoms with Gasteiger partial charge in [0.2, 0.25) is 47.4 Å². The van der Waals surface area contributed by atoms with Crippen molar-refractivity contribution in [1.82, 2.24) is 66.0 Å². The van der Waals surface area contributed by atoms with E-state index in [4.69, 9.17) is 38.9 Å². The summed E-state index contributed by atoms with van der Waals surface area (Å²) < 4.78 is 22.1. The van der Waals surface area contributed by atoms with E-state index in [0.29, 0.717) is 148 Å². The Morgan fingerprint density at radius 1 is 0.397 bits per heavy atom. The Kier molecular flexibility index (Phi) is 30.7. The van der Waals surface area contributed by atoms with Crippen LogP contribution in [-0.4, -0.2) is 246 Å². The second kappa shape index (κ2) is 43.0. The third-order valence-corrected chi connectivity index (χ3v) is 28.2. The number of amides is 8. The molecular weight excluding hydrogens is 1730 g/mol. The number of carbonyl (C=O) groups is 8. The van der Waals surface area contributed by atoms with Crippen molar-refractivity contribution in [1.29, 1.82) is 0 Å². The van der Waals surface area contributed by atoms with Crippen molar-refractivity contribution in [3.05, 3.63) is 120 Å². The summed E-state index contributed by atoms with van der Waals surface area (Å²) in [7, 11) is 20.3. The standard InChI is InChI=1S/C27H37N7O3.C25H32N6O3.C24H32N6O3.C23H30N6O3/c1-32-13-10-19(11-14-32)29-26(36)18-8-9-21(23(16-18)37-3)30-27-28-17-22-25(31-27)34(20-6-4-5-7-20)15-12-24(35)33(22)2;1-26-23(32)15-11-12-18(21(13-15)34-3)28-25-27-14-20-22(29-25)31(16-7-4-5-8-16)19-10-6-9-17(19)24(33)30(20)2;1-24(2)14-30(16-8-6-7-9-16)20-18(29(4)22(24)32)13-26-23(28-20)27-17-11-10-15(21(31)25-3)12-19(17)33-5;1-14-13-29(16-7-5-6-8-16)20-18(28(3)22(14)31)12-25-23(27-20)26-17-10-9-15(21(30)24-2)11-19(17)32-4/h8-9,16-17,19-20H,4-7,10-15H2,1-3H3,(H,29,36)(H,28,30,31);11-14,16-17,19H,4-10H2,1-3H3,(H,26,32)(H,27,28,29);10-13,16H,6-9,14H2,1-5H3,(H,25,31)(H,26,27,28);9-12,14,16H,5-8,13H2,1-4H3,(H,24,30)(H,25,26,27)/t;17-,19+;;14-/m.0.0/s1. The molecule has 18 rings (SSSR count). The molecule has 5 aliphatic heterocycles. The normalized spacial score (nSPS) is 19.7. The molecule has 8 aromatic rings. The maximum absolute atomic E-state index is 13.3. The first-order valence-corrected chi connectivity index (χ1v) is 47.7. The third kappa shape index (κ3) is 21.3. The zero-order valence-electron chi connectivity index (χ0n) is 80.9. The number of aromatic nitrogens is 8. The number of carbonyl (C=O) groups excluding carboxylic acids is 8. The molecule has 6 fully saturated rings. The van der Waals surface area contributed by atoms with Gasteiger partial charge in [-0.25, -0.2) is 19.9 Å². The molecule has 0 bridgehead atoms. The Balaban J connectivity index is 0.000000138. The van der Waals surface area contributed by atoms with E-state index >= 15 is 0 Å². The predicted octanol–water partition coefficient (Wildman–Crippen LogP) is 12.9. The quantitative estimate of drug-likeness (QED) is 0.0331. The lowest BCUT2D eigenvalue weighted by atomic mass is 9.91. The number of fused-ring (bicyclic) bond motifs is 5. The average molecular weight is 1860 g/mol. The fourth-order valence-electron chi connectivity index (χ4n) is 20.6. The first-order chi connectivity index (χ1) is 65.6. The van der Waals surface area contributed by atoms with E-state index in [-0.39, 0.29) is 71.2 Å². The number of methoxy groups -OCH3 is 4. The lowest BCUT2D eigenvalue weighted by Crippen LogP contribution is -2.46. The minimum atomic E-state index is -0.537. The third-order valence-electron chi connectivity index (χ3n) is 28.2. The van der Waals surface area contributed by atoms with Crippen LogP contribution in [0.4, 0.5) is 92.6 Å². The molecule has 0 spiro atoms. The van der Waals surface area contributed by atoms with Gasteiger partial charge in [-0.05, 0) is 184 Å². The van der Waals surface area contributed by atoms with Crippen LogP contribution >= 0.6 is 0 Å². The number of likely N-dealkylation sites (tertiary alicyclic amines) is 1. The van der Waals surface area contributed by atoms with Crippen molar-refractivity contribution < 1.29 is 57.3 Å². The smallest absolute Gasteiger partial charge is 0.251 e. The first-order valence-electron chi connectivity index (χ1n) is 47.7. The van der Waals surface area contributed by atoms with Gasteiger partial charge in [-0.15, -0.1) is 0 Å². The zero-order valence-corrected chi connectivity index (χ0v) is 80.9. The molecule has 724 valence electrons. The van der Waals surface area contributed by atoms with Crippen molar-refractivity contribution in [2.75, 3.05) is 178 Å². The summed E-state index contributed by atoms with van der Waals surface area (Å²) in [4.78, 5) is 157. The lowest BCUT2D eigenvalue weighted by molar-refractivity contribution is -0.126. The van der Waals surface area contributed by atoms with Gasteiger partial charge in [-0.2, -0.15) is 19.9 Å². The van der Waals surface area contributed by atoms with E-state index in [1.54, 1.807) is 182 Å². The van der Waals surface area contributed by atoms with E-state index < -0.39 is 5.41 Å². The molecule has 4 aromatic heterocycles. The van der Waals surface area contributed by atoms with E-state index in [1.165, 1.54) is 51.4 Å². The Hall–Kier alpha value is -13.5. The van der Waals surface area contributed by atoms with E-state index in [1.807, 2.05) is 33.9 Å². The molecule has 37 nitrogen and oxygen atoms in total. The van der Waals surface area contributed by atoms with E-state index in [0.717, 1.165) is 137 Å². The van der Waals surface area contributed by atoms with Crippen LogP contribution in [0.25, 0.3) is 0 Å². The highest BCUT2D eigenvalue weighted by atomic mass is 16.5. The van der Waals surface area contributed by atoms with Crippen LogP contribution in [0.5, 0.6) is 23.0 Å².